The zero-order valence-corrected chi connectivity index (χ0v) is 14.7. The van der Waals surface area contributed by atoms with Gasteiger partial charge in [0.1, 0.15) is 11.4 Å². The Balaban J connectivity index is 2.34. The lowest BCUT2D eigenvalue weighted by Crippen LogP contribution is -2.25. The first-order chi connectivity index (χ1) is 12.2. The van der Waals surface area contributed by atoms with Gasteiger partial charge < -0.3 is 15.0 Å². The van der Waals surface area contributed by atoms with Gasteiger partial charge in [-0.15, -0.1) is 0 Å². The number of nitrogens with one attached hydrogen (secondary N) is 1. The Kier molecular flexibility index (Phi) is 6.07. The van der Waals surface area contributed by atoms with E-state index in [9.17, 15) is 18.0 Å². The van der Waals surface area contributed by atoms with E-state index in [1.807, 2.05) is 6.92 Å². The quantitative estimate of drug-likeness (QED) is 0.835. The van der Waals surface area contributed by atoms with Gasteiger partial charge in [0.2, 0.25) is 5.88 Å². The van der Waals surface area contributed by atoms with Crippen LogP contribution in [0, 0.1) is 0 Å². The largest absolute Gasteiger partial charge is 0.439 e. The van der Waals surface area contributed by atoms with Crippen molar-refractivity contribution in [2.45, 2.75) is 19.5 Å². The van der Waals surface area contributed by atoms with Crippen LogP contribution in [0.5, 0.6) is 11.6 Å². The number of halogens is 3. The molecule has 0 saturated heterocycles. The van der Waals surface area contributed by atoms with Crippen LogP contribution >= 0.6 is 0 Å². The minimum atomic E-state index is -4.47. The number of aromatic nitrogens is 1. The summed E-state index contributed by atoms with van der Waals surface area (Å²) in [5.74, 6) is -0.343. The first-order valence-corrected chi connectivity index (χ1v) is 8.03. The van der Waals surface area contributed by atoms with Gasteiger partial charge in [0, 0.05) is 32.4 Å². The Morgan fingerprint density at radius 1 is 1.23 bits per heavy atom. The van der Waals surface area contributed by atoms with E-state index in [-0.39, 0.29) is 23.2 Å². The fraction of sp³-hybridized carbons (Fsp3) is 0.333. The van der Waals surface area contributed by atoms with E-state index >= 15 is 0 Å². The maximum atomic E-state index is 12.8. The van der Waals surface area contributed by atoms with Gasteiger partial charge in [0.05, 0.1) is 5.56 Å². The molecule has 5 nitrogen and oxygen atoms in total. The molecule has 1 amide bonds. The lowest BCUT2D eigenvalue weighted by Gasteiger charge is -2.16. The topological polar surface area (TPSA) is 54.5 Å². The lowest BCUT2D eigenvalue weighted by atomic mass is 10.2. The zero-order valence-electron chi connectivity index (χ0n) is 14.7. The van der Waals surface area contributed by atoms with Gasteiger partial charge >= 0.3 is 6.18 Å². The Morgan fingerprint density at radius 2 is 1.96 bits per heavy atom. The average Bonchev–Trinajstić information content (AvgIpc) is 2.58. The second-order valence-corrected chi connectivity index (χ2v) is 5.83. The van der Waals surface area contributed by atoms with E-state index in [0.29, 0.717) is 12.2 Å². The zero-order chi connectivity index (χ0) is 19.3. The molecule has 0 aliphatic heterocycles. The van der Waals surface area contributed by atoms with E-state index in [1.54, 1.807) is 31.1 Å². The first kappa shape index (κ1) is 19.6. The number of hydrogen-bond donors (Lipinski definition) is 1. The second-order valence-electron chi connectivity index (χ2n) is 5.83. The van der Waals surface area contributed by atoms with Crippen molar-refractivity contribution >= 4 is 11.6 Å². The summed E-state index contributed by atoms with van der Waals surface area (Å²) in [6.07, 6.45) is -3.70. The molecule has 0 radical (unpaired) electrons. The van der Waals surface area contributed by atoms with Crippen LogP contribution < -0.4 is 15.0 Å². The van der Waals surface area contributed by atoms with Crippen molar-refractivity contribution in [3.63, 3.8) is 0 Å². The predicted octanol–water partition coefficient (Wildman–Crippen LogP) is 4.10. The SMILES string of the molecule is CCCNC(=O)c1cc(N(C)C)cc(Oc2cccc(C(F)(F)F)c2)n1. The minimum Gasteiger partial charge on any atom is -0.439 e. The van der Waals surface area contributed by atoms with Gasteiger partial charge in [-0.05, 0) is 30.7 Å². The highest BCUT2D eigenvalue weighted by Gasteiger charge is 2.30. The van der Waals surface area contributed by atoms with Gasteiger partial charge in [0.15, 0.2) is 0 Å². The Morgan fingerprint density at radius 3 is 2.58 bits per heavy atom. The Hall–Kier alpha value is -2.77. The third-order valence-electron chi connectivity index (χ3n) is 3.45. The summed E-state index contributed by atoms with van der Waals surface area (Å²) in [6, 6.07) is 7.64. The highest BCUT2D eigenvalue weighted by atomic mass is 19.4. The first-order valence-electron chi connectivity index (χ1n) is 8.03. The third kappa shape index (κ3) is 5.11. The number of benzene rings is 1. The van der Waals surface area contributed by atoms with Crippen molar-refractivity contribution in [2.24, 2.45) is 0 Å². The summed E-state index contributed by atoms with van der Waals surface area (Å²) >= 11 is 0. The van der Waals surface area contributed by atoms with Crippen LogP contribution in [0.4, 0.5) is 18.9 Å². The van der Waals surface area contributed by atoms with Gasteiger partial charge in [-0.3, -0.25) is 4.79 Å². The monoisotopic (exact) mass is 367 g/mol. The van der Waals surface area contributed by atoms with E-state index in [2.05, 4.69) is 10.3 Å². The molecule has 0 saturated carbocycles. The second kappa shape index (κ2) is 8.07. The standard InChI is InChI=1S/C18H20F3N3O2/c1-4-8-22-17(25)15-10-13(24(2)3)11-16(23-15)26-14-7-5-6-12(9-14)18(19,20)21/h5-7,9-11H,4,8H2,1-3H3,(H,22,25). The van der Waals surface area contributed by atoms with E-state index in [0.717, 1.165) is 18.6 Å². The summed E-state index contributed by atoms with van der Waals surface area (Å²) in [5, 5.41) is 2.71. The molecule has 0 bridgehead atoms. The van der Waals surface area contributed by atoms with Crippen molar-refractivity contribution in [2.75, 3.05) is 25.5 Å². The number of carbonyl (C=O) groups is 1. The fourth-order valence-corrected chi connectivity index (χ4v) is 2.10. The average molecular weight is 367 g/mol. The maximum absolute atomic E-state index is 12.8. The number of hydrogen-bond acceptors (Lipinski definition) is 4. The van der Waals surface area contributed by atoms with Crippen molar-refractivity contribution < 1.29 is 22.7 Å². The molecule has 0 aliphatic rings. The molecule has 0 spiro atoms. The predicted molar refractivity (Wildman–Crippen MR) is 92.7 cm³/mol. The van der Waals surface area contributed by atoms with Crippen LogP contribution in [0.1, 0.15) is 29.4 Å². The molecular formula is C18H20F3N3O2. The van der Waals surface area contributed by atoms with Crippen molar-refractivity contribution in [3.05, 3.63) is 47.7 Å². The number of amides is 1. The van der Waals surface area contributed by atoms with Crippen molar-refractivity contribution in [3.8, 4) is 11.6 Å². The summed E-state index contributed by atoms with van der Waals surface area (Å²) in [7, 11) is 3.55. The number of rotatable bonds is 6. The number of alkyl halides is 3. The Bertz CT molecular complexity index is 777. The van der Waals surface area contributed by atoms with Crippen LogP contribution in [0.15, 0.2) is 36.4 Å². The molecule has 1 N–H and O–H groups in total. The molecule has 8 heteroatoms. The van der Waals surface area contributed by atoms with Crippen molar-refractivity contribution in [1.29, 1.82) is 0 Å². The van der Waals surface area contributed by atoms with Gasteiger partial charge in [-0.1, -0.05) is 13.0 Å². The molecular weight excluding hydrogens is 347 g/mol. The molecule has 0 atom stereocenters. The van der Waals surface area contributed by atoms with Crippen LogP contribution in [0.2, 0.25) is 0 Å². The molecule has 0 fully saturated rings. The van der Waals surface area contributed by atoms with Crippen LogP contribution in [-0.4, -0.2) is 31.5 Å². The van der Waals surface area contributed by atoms with Crippen LogP contribution in [0.3, 0.4) is 0 Å². The number of anilines is 1. The van der Waals surface area contributed by atoms with Crippen molar-refractivity contribution in [1.82, 2.24) is 10.3 Å². The molecule has 1 aromatic carbocycles. The number of nitrogens with zero attached hydrogens (tertiary/aromatic N) is 2. The van der Waals surface area contributed by atoms with E-state index in [1.165, 1.54) is 12.1 Å². The smallest absolute Gasteiger partial charge is 0.416 e. The Labute approximate surface area is 149 Å². The molecule has 1 aromatic heterocycles. The van der Waals surface area contributed by atoms with Gasteiger partial charge in [0.25, 0.3) is 5.91 Å². The highest BCUT2D eigenvalue weighted by Crippen LogP contribution is 2.33. The molecule has 0 aliphatic carbocycles. The van der Waals surface area contributed by atoms with Gasteiger partial charge in [-0.2, -0.15) is 13.2 Å². The normalized spacial score (nSPS) is 11.2. The molecule has 2 aromatic rings. The van der Waals surface area contributed by atoms with E-state index in [4.69, 9.17) is 4.74 Å². The summed E-state index contributed by atoms with van der Waals surface area (Å²) in [6.45, 7) is 2.42. The summed E-state index contributed by atoms with van der Waals surface area (Å²) in [5.41, 5.74) is -0.0464. The molecule has 1 heterocycles. The molecule has 0 unspecified atom stereocenters. The third-order valence-corrected chi connectivity index (χ3v) is 3.45. The number of carbonyl (C=O) groups excluding carboxylic acids is 1. The molecule has 26 heavy (non-hydrogen) atoms. The molecule has 2 rings (SSSR count). The maximum Gasteiger partial charge on any atom is 0.416 e. The molecule has 140 valence electrons. The number of pyridine rings is 1. The highest BCUT2D eigenvalue weighted by molar-refractivity contribution is 5.93. The minimum absolute atomic E-state index is 0.0110. The van der Waals surface area contributed by atoms with Crippen LogP contribution in [-0.2, 0) is 6.18 Å². The summed E-state index contributed by atoms with van der Waals surface area (Å²) < 4.78 is 44.0. The van der Waals surface area contributed by atoms with Gasteiger partial charge in [-0.25, -0.2) is 4.98 Å². The lowest BCUT2D eigenvalue weighted by molar-refractivity contribution is -0.137. The fourth-order valence-electron chi connectivity index (χ4n) is 2.10. The number of ether oxygens (including phenoxy) is 1. The van der Waals surface area contributed by atoms with Crippen LogP contribution in [0.25, 0.3) is 0 Å². The summed E-state index contributed by atoms with van der Waals surface area (Å²) in [4.78, 5) is 18.0. The van der Waals surface area contributed by atoms with E-state index < -0.39 is 11.7 Å².